The number of rotatable bonds is 8. The summed E-state index contributed by atoms with van der Waals surface area (Å²) >= 11 is 0. The molecule has 2 rings (SSSR count). The van der Waals surface area contributed by atoms with Crippen LogP contribution in [0.1, 0.15) is 43.5 Å². The van der Waals surface area contributed by atoms with Crippen molar-refractivity contribution in [1.82, 2.24) is 10.2 Å². The van der Waals surface area contributed by atoms with Gasteiger partial charge in [0, 0.05) is 44.3 Å². The van der Waals surface area contributed by atoms with Gasteiger partial charge in [0.25, 0.3) is 5.91 Å². The molecular formula is C19H31ClN2O3. The van der Waals surface area contributed by atoms with Gasteiger partial charge in [0.1, 0.15) is 5.75 Å². The lowest BCUT2D eigenvalue weighted by atomic mass is 10.0. The first kappa shape index (κ1) is 21.7. The number of methoxy groups -OCH3 is 1. The van der Waals surface area contributed by atoms with Gasteiger partial charge in [0.05, 0.1) is 6.61 Å². The standard InChI is InChI=1S/C19H30N2O3.ClH/c1-15(2)21(17-8-5-10-20-14-17)19(22)16-7-4-9-18(13-16)24-12-6-11-23-3;/h4,7,9,13,15,17,20H,5-6,8,10-12,14H2,1-3H3;1H/t17-;/m1./s1. The van der Waals surface area contributed by atoms with Crippen molar-refractivity contribution in [3.05, 3.63) is 29.8 Å². The molecule has 1 aliphatic rings. The summed E-state index contributed by atoms with van der Waals surface area (Å²) in [6.07, 6.45) is 3.01. The van der Waals surface area contributed by atoms with Crippen LogP contribution in [-0.4, -0.2) is 56.3 Å². The van der Waals surface area contributed by atoms with Crippen molar-refractivity contribution < 1.29 is 14.3 Å². The van der Waals surface area contributed by atoms with Gasteiger partial charge in [-0.15, -0.1) is 12.4 Å². The Balaban J connectivity index is 0.00000312. The maximum absolute atomic E-state index is 13.0. The van der Waals surface area contributed by atoms with E-state index in [2.05, 4.69) is 19.2 Å². The molecule has 1 aliphatic heterocycles. The van der Waals surface area contributed by atoms with E-state index in [1.807, 2.05) is 29.2 Å². The van der Waals surface area contributed by atoms with Crippen molar-refractivity contribution in [2.45, 2.75) is 45.2 Å². The first-order valence-electron chi connectivity index (χ1n) is 8.88. The Labute approximate surface area is 157 Å². The predicted molar refractivity (Wildman–Crippen MR) is 103 cm³/mol. The zero-order valence-electron chi connectivity index (χ0n) is 15.5. The van der Waals surface area contributed by atoms with Gasteiger partial charge in [-0.25, -0.2) is 0 Å². The van der Waals surface area contributed by atoms with Crippen LogP contribution in [0.4, 0.5) is 0 Å². The van der Waals surface area contributed by atoms with E-state index in [0.717, 1.165) is 38.1 Å². The lowest BCUT2D eigenvalue weighted by Crippen LogP contribution is -2.51. The Hall–Kier alpha value is -1.30. The summed E-state index contributed by atoms with van der Waals surface area (Å²) in [5, 5.41) is 3.40. The van der Waals surface area contributed by atoms with Gasteiger partial charge in [-0.3, -0.25) is 4.79 Å². The van der Waals surface area contributed by atoms with Crippen LogP contribution in [0, 0.1) is 0 Å². The molecule has 142 valence electrons. The number of amides is 1. The second-order valence-corrected chi connectivity index (χ2v) is 6.53. The largest absolute Gasteiger partial charge is 0.493 e. The number of hydrogen-bond acceptors (Lipinski definition) is 4. The number of piperidine rings is 1. The minimum absolute atomic E-state index is 0. The highest BCUT2D eigenvalue weighted by Gasteiger charge is 2.28. The lowest BCUT2D eigenvalue weighted by Gasteiger charge is -2.37. The van der Waals surface area contributed by atoms with Gasteiger partial charge in [0.2, 0.25) is 0 Å². The summed E-state index contributed by atoms with van der Waals surface area (Å²) in [4.78, 5) is 15.0. The van der Waals surface area contributed by atoms with Gasteiger partial charge in [-0.2, -0.15) is 0 Å². The highest BCUT2D eigenvalue weighted by Crippen LogP contribution is 2.20. The lowest BCUT2D eigenvalue weighted by molar-refractivity contribution is 0.0573. The monoisotopic (exact) mass is 370 g/mol. The van der Waals surface area contributed by atoms with E-state index in [1.165, 1.54) is 0 Å². The number of benzene rings is 1. The molecule has 0 bridgehead atoms. The fourth-order valence-corrected chi connectivity index (χ4v) is 3.15. The summed E-state index contributed by atoms with van der Waals surface area (Å²) in [7, 11) is 1.68. The molecule has 1 fully saturated rings. The first-order valence-corrected chi connectivity index (χ1v) is 8.88. The van der Waals surface area contributed by atoms with Gasteiger partial charge in [-0.05, 0) is 51.4 Å². The SMILES string of the molecule is COCCCOc1cccc(C(=O)N(C(C)C)[C@@H]2CCCNC2)c1.Cl. The Morgan fingerprint density at radius 3 is 2.80 bits per heavy atom. The fourth-order valence-electron chi connectivity index (χ4n) is 3.15. The van der Waals surface area contributed by atoms with Crippen LogP contribution in [-0.2, 0) is 4.74 Å². The molecule has 25 heavy (non-hydrogen) atoms. The van der Waals surface area contributed by atoms with E-state index >= 15 is 0 Å². The number of nitrogens with one attached hydrogen (secondary N) is 1. The molecule has 6 heteroatoms. The third-order valence-electron chi connectivity index (χ3n) is 4.30. The summed E-state index contributed by atoms with van der Waals surface area (Å²) in [6.45, 7) is 7.34. The van der Waals surface area contributed by atoms with Gasteiger partial charge >= 0.3 is 0 Å². The minimum atomic E-state index is 0. The normalized spacial score (nSPS) is 17.0. The number of nitrogens with zero attached hydrogens (tertiary/aromatic N) is 1. The minimum Gasteiger partial charge on any atom is -0.493 e. The molecule has 0 saturated carbocycles. The maximum Gasteiger partial charge on any atom is 0.254 e. The van der Waals surface area contributed by atoms with Crippen LogP contribution < -0.4 is 10.1 Å². The Bertz CT molecular complexity index is 519. The molecule has 0 unspecified atom stereocenters. The van der Waals surface area contributed by atoms with Gasteiger partial charge < -0.3 is 19.7 Å². The molecule has 5 nitrogen and oxygen atoms in total. The first-order chi connectivity index (χ1) is 11.6. The number of halogens is 1. The summed E-state index contributed by atoms with van der Waals surface area (Å²) in [6, 6.07) is 7.94. The van der Waals surface area contributed by atoms with Crippen molar-refractivity contribution in [3.63, 3.8) is 0 Å². The van der Waals surface area contributed by atoms with Crippen LogP contribution in [0.2, 0.25) is 0 Å². The second-order valence-electron chi connectivity index (χ2n) is 6.53. The average molecular weight is 371 g/mol. The topological polar surface area (TPSA) is 50.8 Å². The van der Waals surface area contributed by atoms with E-state index in [-0.39, 0.29) is 30.4 Å². The number of carbonyl (C=O) groups excluding carboxylic acids is 1. The fraction of sp³-hybridized carbons (Fsp3) is 0.632. The number of hydrogen-bond donors (Lipinski definition) is 1. The molecule has 1 amide bonds. The van der Waals surface area contributed by atoms with Crippen molar-refractivity contribution >= 4 is 18.3 Å². The van der Waals surface area contributed by atoms with E-state index in [1.54, 1.807) is 7.11 Å². The average Bonchev–Trinajstić information content (AvgIpc) is 2.60. The maximum atomic E-state index is 13.0. The Morgan fingerprint density at radius 2 is 2.16 bits per heavy atom. The van der Waals surface area contributed by atoms with E-state index in [0.29, 0.717) is 18.8 Å². The number of ether oxygens (including phenoxy) is 2. The van der Waals surface area contributed by atoms with Crippen molar-refractivity contribution in [3.8, 4) is 5.75 Å². The smallest absolute Gasteiger partial charge is 0.254 e. The van der Waals surface area contributed by atoms with Gasteiger partial charge in [0.15, 0.2) is 0 Å². The molecule has 1 saturated heterocycles. The summed E-state index contributed by atoms with van der Waals surface area (Å²) < 4.78 is 10.7. The van der Waals surface area contributed by atoms with Crippen LogP contribution in [0.5, 0.6) is 5.75 Å². The Morgan fingerprint density at radius 1 is 1.36 bits per heavy atom. The van der Waals surface area contributed by atoms with Crippen LogP contribution >= 0.6 is 12.4 Å². The van der Waals surface area contributed by atoms with Gasteiger partial charge in [-0.1, -0.05) is 6.07 Å². The number of carbonyl (C=O) groups is 1. The molecule has 0 aliphatic carbocycles. The van der Waals surface area contributed by atoms with Crippen LogP contribution in [0.15, 0.2) is 24.3 Å². The van der Waals surface area contributed by atoms with Crippen LogP contribution in [0.25, 0.3) is 0 Å². The summed E-state index contributed by atoms with van der Waals surface area (Å²) in [5.74, 6) is 0.823. The molecule has 1 aromatic carbocycles. The third-order valence-corrected chi connectivity index (χ3v) is 4.30. The van der Waals surface area contributed by atoms with Crippen molar-refractivity contribution in [2.75, 3.05) is 33.4 Å². The highest BCUT2D eigenvalue weighted by molar-refractivity contribution is 5.95. The predicted octanol–water partition coefficient (Wildman–Crippen LogP) is 3.13. The molecule has 1 heterocycles. The molecule has 0 aromatic heterocycles. The zero-order valence-corrected chi connectivity index (χ0v) is 16.3. The van der Waals surface area contributed by atoms with Crippen molar-refractivity contribution in [2.24, 2.45) is 0 Å². The molecule has 1 aromatic rings. The molecular weight excluding hydrogens is 340 g/mol. The van der Waals surface area contributed by atoms with E-state index in [9.17, 15) is 4.79 Å². The van der Waals surface area contributed by atoms with Crippen LogP contribution in [0.3, 0.4) is 0 Å². The van der Waals surface area contributed by atoms with E-state index < -0.39 is 0 Å². The second kappa shape index (κ2) is 11.3. The van der Waals surface area contributed by atoms with Crippen molar-refractivity contribution in [1.29, 1.82) is 0 Å². The molecule has 1 N–H and O–H groups in total. The molecule has 0 spiro atoms. The zero-order chi connectivity index (χ0) is 17.4. The van der Waals surface area contributed by atoms with E-state index in [4.69, 9.17) is 9.47 Å². The summed E-state index contributed by atoms with van der Waals surface area (Å²) in [5.41, 5.74) is 0.693. The molecule has 1 atom stereocenters. The highest BCUT2D eigenvalue weighted by atomic mass is 35.5. The Kier molecular flexibility index (Phi) is 9.86. The third kappa shape index (κ3) is 6.49. The quantitative estimate of drug-likeness (QED) is 0.714. The molecule has 0 radical (unpaired) electrons.